The highest BCUT2D eigenvalue weighted by Gasteiger charge is 2.35. The summed E-state index contributed by atoms with van der Waals surface area (Å²) in [6, 6.07) is 7.66. The van der Waals surface area contributed by atoms with Crippen LogP contribution in [0.5, 0.6) is 5.75 Å². The summed E-state index contributed by atoms with van der Waals surface area (Å²) in [5.41, 5.74) is 4.18. The van der Waals surface area contributed by atoms with Gasteiger partial charge in [-0.2, -0.15) is 0 Å². The Bertz CT molecular complexity index is 1440. The summed E-state index contributed by atoms with van der Waals surface area (Å²) in [7, 11) is 1.40. The molecule has 0 radical (unpaired) electrons. The van der Waals surface area contributed by atoms with Crippen LogP contribution in [0.25, 0.3) is 0 Å². The van der Waals surface area contributed by atoms with Gasteiger partial charge in [0.25, 0.3) is 5.91 Å². The molecule has 1 aromatic carbocycles. The van der Waals surface area contributed by atoms with Gasteiger partial charge in [-0.3, -0.25) is 15.1 Å². The quantitative estimate of drug-likeness (QED) is 0.413. The van der Waals surface area contributed by atoms with Crippen molar-refractivity contribution in [1.29, 1.82) is 0 Å². The second-order valence-corrected chi connectivity index (χ2v) is 10.1. The summed E-state index contributed by atoms with van der Waals surface area (Å²) in [6.07, 6.45) is 4.06. The second-order valence-electron chi connectivity index (χ2n) is 10.1. The van der Waals surface area contributed by atoms with Crippen molar-refractivity contribution < 1.29 is 28.1 Å². The van der Waals surface area contributed by atoms with Crippen LogP contribution >= 0.6 is 0 Å². The molecular formula is C29H33FN6O5. The number of carbonyl (C=O) groups is 2. The first-order valence-electron chi connectivity index (χ1n) is 13.7. The third-order valence-electron chi connectivity index (χ3n) is 7.61. The molecule has 2 aliphatic rings. The van der Waals surface area contributed by atoms with Crippen LogP contribution in [0.2, 0.25) is 0 Å². The van der Waals surface area contributed by atoms with E-state index in [0.29, 0.717) is 48.7 Å². The van der Waals surface area contributed by atoms with Gasteiger partial charge in [0.15, 0.2) is 17.4 Å². The molecule has 0 aliphatic carbocycles. The molecule has 2 aliphatic heterocycles. The Hall–Kier alpha value is -4.48. The zero-order chi connectivity index (χ0) is 28.9. The number of oxime groups is 1. The minimum Gasteiger partial charge on any atom is -0.494 e. The lowest BCUT2D eigenvalue weighted by molar-refractivity contribution is 0.0191. The molecule has 1 saturated heterocycles. The van der Waals surface area contributed by atoms with Gasteiger partial charge in [-0.15, -0.1) is 0 Å². The molecule has 1 fully saturated rings. The summed E-state index contributed by atoms with van der Waals surface area (Å²) in [6.45, 7) is 5.27. The Balaban J connectivity index is 1.21. The Labute approximate surface area is 237 Å². The van der Waals surface area contributed by atoms with Gasteiger partial charge in [0.05, 0.1) is 12.8 Å². The molecule has 0 spiro atoms. The molecule has 1 atom stereocenters. The number of aryl methyl sites for hydroxylation is 1. The second kappa shape index (κ2) is 12.4. The molecule has 2 aromatic heterocycles. The molecule has 11 nitrogen and oxygen atoms in total. The van der Waals surface area contributed by atoms with Crippen LogP contribution in [0.3, 0.4) is 0 Å². The SMILES string of the molecule is CCc1c(C(=O)NCc2ccc(F)c(OC)c2)cc(C2=NOC(C3CCN(C(=O)Nc4ccon4)CC3)C2)nc1C. The normalized spacial score (nSPS) is 17.1. The van der Waals surface area contributed by atoms with Crippen LogP contribution < -0.4 is 15.4 Å². The molecule has 4 heterocycles. The van der Waals surface area contributed by atoms with E-state index in [-0.39, 0.29) is 36.3 Å². The molecule has 2 N–H and O–H groups in total. The summed E-state index contributed by atoms with van der Waals surface area (Å²) in [5, 5.41) is 13.7. The maximum atomic E-state index is 13.8. The van der Waals surface area contributed by atoms with E-state index in [2.05, 4.69) is 20.9 Å². The number of nitrogens with one attached hydrogen (secondary N) is 2. The van der Waals surface area contributed by atoms with Crippen LogP contribution in [-0.2, 0) is 17.8 Å². The first-order chi connectivity index (χ1) is 19.9. The van der Waals surface area contributed by atoms with E-state index in [0.717, 1.165) is 29.7 Å². The lowest BCUT2D eigenvalue weighted by atomic mass is 9.88. The fraction of sp³-hybridized carbons (Fsp3) is 0.414. The number of piperidine rings is 1. The minimum atomic E-state index is -0.456. The van der Waals surface area contributed by atoms with Gasteiger partial charge in [-0.05, 0) is 55.5 Å². The van der Waals surface area contributed by atoms with Crippen LogP contribution in [0.1, 0.15) is 59.1 Å². The van der Waals surface area contributed by atoms with Crippen LogP contribution in [0, 0.1) is 18.7 Å². The van der Waals surface area contributed by atoms with E-state index < -0.39 is 5.82 Å². The number of halogens is 1. The summed E-state index contributed by atoms with van der Waals surface area (Å²) in [4.78, 5) is 38.1. The molecule has 3 amide bonds. The molecule has 1 unspecified atom stereocenters. The third kappa shape index (κ3) is 6.31. The number of ether oxygens (including phenoxy) is 1. The van der Waals surface area contributed by atoms with Crippen molar-refractivity contribution in [2.45, 2.75) is 52.2 Å². The van der Waals surface area contributed by atoms with Gasteiger partial charge in [0.2, 0.25) is 0 Å². The van der Waals surface area contributed by atoms with E-state index in [1.54, 1.807) is 29.2 Å². The summed E-state index contributed by atoms with van der Waals surface area (Å²) < 4.78 is 23.6. The summed E-state index contributed by atoms with van der Waals surface area (Å²) >= 11 is 0. The number of carbonyl (C=O) groups excluding carboxylic acids is 2. The van der Waals surface area contributed by atoms with Crippen LogP contribution in [0.4, 0.5) is 15.0 Å². The Morgan fingerprint density at radius 3 is 2.71 bits per heavy atom. The zero-order valence-corrected chi connectivity index (χ0v) is 23.3. The fourth-order valence-electron chi connectivity index (χ4n) is 5.33. The molecule has 12 heteroatoms. The van der Waals surface area contributed by atoms with Gasteiger partial charge in [0.1, 0.15) is 18.1 Å². The predicted molar refractivity (Wildman–Crippen MR) is 148 cm³/mol. The predicted octanol–water partition coefficient (Wildman–Crippen LogP) is 4.46. The number of likely N-dealkylation sites (tertiary alicyclic amines) is 1. The maximum Gasteiger partial charge on any atom is 0.323 e. The first kappa shape index (κ1) is 28.1. The van der Waals surface area contributed by atoms with Crippen LogP contribution in [0.15, 0.2) is 46.3 Å². The number of aromatic nitrogens is 2. The number of pyridine rings is 1. The van der Waals surface area contributed by atoms with Crippen LogP contribution in [-0.4, -0.2) is 59.0 Å². The standard InChI is InChI=1S/C29H33FN6O5/c1-4-20-17(2)32-23(14-21(20)28(37)31-16-18-5-6-22(30)26(13-18)39-3)24-15-25(41-34-24)19-7-10-36(11-8-19)29(38)33-27-9-12-40-35-27/h5-6,9,12-14,19,25H,4,7-8,10-11,15-16H2,1-3H3,(H,31,37)(H,33,35,38). The highest BCUT2D eigenvalue weighted by Crippen LogP contribution is 2.30. The van der Waals surface area contributed by atoms with E-state index in [9.17, 15) is 14.0 Å². The average Bonchev–Trinajstić information content (AvgIpc) is 3.69. The van der Waals surface area contributed by atoms with Crippen molar-refractivity contribution in [3.05, 3.63) is 70.5 Å². The highest BCUT2D eigenvalue weighted by atomic mass is 19.1. The molecule has 216 valence electrons. The number of nitrogens with zero attached hydrogens (tertiary/aromatic N) is 4. The number of hydrogen-bond donors (Lipinski definition) is 2. The number of urea groups is 1. The molecule has 3 aromatic rings. The van der Waals surface area contributed by atoms with Gasteiger partial charge in [-0.1, -0.05) is 23.3 Å². The number of benzene rings is 1. The van der Waals surface area contributed by atoms with Crippen molar-refractivity contribution in [3.8, 4) is 5.75 Å². The number of anilines is 1. The molecular weight excluding hydrogens is 531 g/mol. The third-order valence-corrected chi connectivity index (χ3v) is 7.61. The highest BCUT2D eigenvalue weighted by molar-refractivity contribution is 6.03. The van der Waals surface area contributed by atoms with Crippen molar-refractivity contribution in [2.75, 3.05) is 25.5 Å². The van der Waals surface area contributed by atoms with Crippen molar-refractivity contribution in [3.63, 3.8) is 0 Å². The largest absolute Gasteiger partial charge is 0.494 e. The Morgan fingerprint density at radius 2 is 2.00 bits per heavy atom. The van der Waals surface area contributed by atoms with Gasteiger partial charge < -0.3 is 24.3 Å². The monoisotopic (exact) mass is 564 g/mol. The Kier molecular flexibility index (Phi) is 8.46. The lowest BCUT2D eigenvalue weighted by Crippen LogP contribution is -2.43. The lowest BCUT2D eigenvalue weighted by Gasteiger charge is -2.33. The van der Waals surface area contributed by atoms with Crippen molar-refractivity contribution in [2.24, 2.45) is 11.1 Å². The molecule has 5 rings (SSSR count). The Morgan fingerprint density at radius 1 is 1.20 bits per heavy atom. The number of rotatable bonds is 8. The number of methoxy groups -OCH3 is 1. The molecule has 0 saturated carbocycles. The fourth-order valence-corrected chi connectivity index (χ4v) is 5.33. The number of amides is 3. The van der Waals surface area contributed by atoms with Crippen molar-refractivity contribution in [1.82, 2.24) is 20.4 Å². The first-order valence-corrected chi connectivity index (χ1v) is 13.7. The van der Waals surface area contributed by atoms with E-state index in [1.807, 2.05) is 13.8 Å². The topological polar surface area (TPSA) is 131 Å². The van der Waals surface area contributed by atoms with E-state index in [4.69, 9.17) is 19.1 Å². The van der Waals surface area contributed by atoms with Gasteiger partial charge >= 0.3 is 6.03 Å². The zero-order valence-electron chi connectivity index (χ0n) is 23.3. The smallest absolute Gasteiger partial charge is 0.323 e. The summed E-state index contributed by atoms with van der Waals surface area (Å²) in [5.74, 6) is 0.0439. The number of hydrogen-bond acceptors (Lipinski definition) is 8. The van der Waals surface area contributed by atoms with E-state index >= 15 is 0 Å². The van der Waals surface area contributed by atoms with Crippen molar-refractivity contribution >= 4 is 23.5 Å². The average molecular weight is 565 g/mol. The van der Waals surface area contributed by atoms with Gasteiger partial charge in [0, 0.05) is 49.3 Å². The van der Waals surface area contributed by atoms with Gasteiger partial charge in [-0.25, -0.2) is 9.18 Å². The molecule has 0 bridgehead atoms. The minimum absolute atomic E-state index is 0.121. The molecule has 41 heavy (non-hydrogen) atoms. The maximum absolute atomic E-state index is 13.8. The van der Waals surface area contributed by atoms with E-state index in [1.165, 1.54) is 19.4 Å².